The fraction of sp³-hybridized carbons (Fsp3) is 0.667. The molecule has 0 aromatic rings. The Bertz CT molecular complexity index is 238. The summed E-state index contributed by atoms with van der Waals surface area (Å²) in [5.74, 6) is -0.631. The predicted octanol–water partition coefficient (Wildman–Crippen LogP) is 1.33. The largest absolute Gasteiger partial charge is 0.416 e. The monoisotopic (exact) mass is 225 g/mol. The standard InChI is InChI=1S/C9H14F3NO2/c1-4-8(15)13(6(2)3)5-7(14)9(10,11)12/h4,6-7,14H,1,5H2,2-3H3. The van der Waals surface area contributed by atoms with Crippen LogP contribution >= 0.6 is 0 Å². The van der Waals surface area contributed by atoms with E-state index >= 15 is 0 Å². The molecule has 1 atom stereocenters. The molecule has 1 unspecified atom stereocenters. The maximum absolute atomic E-state index is 12.0. The van der Waals surface area contributed by atoms with E-state index in [0.717, 1.165) is 11.0 Å². The van der Waals surface area contributed by atoms with Gasteiger partial charge in [-0.2, -0.15) is 13.2 Å². The van der Waals surface area contributed by atoms with Gasteiger partial charge in [0.25, 0.3) is 0 Å². The molecule has 3 nitrogen and oxygen atoms in total. The summed E-state index contributed by atoms with van der Waals surface area (Å²) in [4.78, 5) is 12.1. The summed E-state index contributed by atoms with van der Waals surface area (Å²) >= 11 is 0. The van der Waals surface area contributed by atoms with Crippen LogP contribution in [0.15, 0.2) is 12.7 Å². The molecule has 0 radical (unpaired) electrons. The van der Waals surface area contributed by atoms with Gasteiger partial charge in [0, 0.05) is 6.04 Å². The lowest BCUT2D eigenvalue weighted by molar-refractivity contribution is -0.208. The van der Waals surface area contributed by atoms with Gasteiger partial charge < -0.3 is 10.0 Å². The SMILES string of the molecule is C=CC(=O)N(CC(O)C(F)(F)F)C(C)C. The first-order valence-corrected chi connectivity index (χ1v) is 4.38. The Labute approximate surface area is 86.2 Å². The zero-order valence-corrected chi connectivity index (χ0v) is 8.58. The first-order chi connectivity index (χ1) is 6.70. The number of rotatable bonds is 4. The van der Waals surface area contributed by atoms with Gasteiger partial charge in [-0.25, -0.2) is 0 Å². The second kappa shape index (κ2) is 5.16. The molecule has 0 rings (SSSR count). The lowest BCUT2D eigenvalue weighted by Crippen LogP contribution is -2.46. The first kappa shape index (κ1) is 14.0. The molecule has 0 aliphatic rings. The third-order valence-electron chi connectivity index (χ3n) is 1.83. The number of aliphatic hydroxyl groups excluding tert-OH is 1. The zero-order valence-electron chi connectivity index (χ0n) is 8.58. The molecule has 6 heteroatoms. The third-order valence-corrected chi connectivity index (χ3v) is 1.83. The van der Waals surface area contributed by atoms with Gasteiger partial charge in [0.1, 0.15) is 0 Å². The minimum Gasteiger partial charge on any atom is -0.382 e. The predicted molar refractivity (Wildman–Crippen MR) is 49.1 cm³/mol. The highest BCUT2D eigenvalue weighted by atomic mass is 19.4. The number of halogens is 3. The fourth-order valence-electron chi connectivity index (χ4n) is 0.962. The van der Waals surface area contributed by atoms with Crippen LogP contribution < -0.4 is 0 Å². The summed E-state index contributed by atoms with van der Waals surface area (Å²) in [6.07, 6.45) is -6.32. The van der Waals surface area contributed by atoms with Gasteiger partial charge in [0.05, 0.1) is 6.54 Å². The van der Waals surface area contributed by atoms with Gasteiger partial charge in [0.15, 0.2) is 6.10 Å². The van der Waals surface area contributed by atoms with Crippen LogP contribution in [0.4, 0.5) is 13.2 Å². The Kier molecular flexibility index (Phi) is 4.80. The Hall–Kier alpha value is -1.04. The van der Waals surface area contributed by atoms with Crippen molar-refractivity contribution in [1.29, 1.82) is 0 Å². The molecule has 0 aliphatic heterocycles. The fourth-order valence-corrected chi connectivity index (χ4v) is 0.962. The molecular weight excluding hydrogens is 211 g/mol. The number of nitrogens with zero attached hydrogens (tertiary/aromatic N) is 1. The highest BCUT2D eigenvalue weighted by molar-refractivity contribution is 5.87. The second-order valence-corrected chi connectivity index (χ2v) is 3.35. The molecule has 0 saturated heterocycles. The van der Waals surface area contributed by atoms with Gasteiger partial charge in [-0.3, -0.25) is 4.79 Å². The first-order valence-electron chi connectivity index (χ1n) is 4.38. The number of hydrogen-bond acceptors (Lipinski definition) is 2. The molecular formula is C9H14F3NO2. The van der Waals surface area contributed by atoms with Crippen LogP contribution in [0.5, 0.6) is 0 Å². The van der Waals surface area contributed by atoms with Crippen molar-refractivity contribution >= 4 is 5.91 Å². The van der Waals surface area contributed by atoms with Gasteiger partial charge in [-0.15, -0.1) is 0 Å². The van der Waals surface area contributed by atoms with Crippen molar-refractivity contribution in [2.75, 3.05) is 6.54 Å². The van der Waals surface area contributed by atoms with E-state index < -0.39 is 30.8 Å². The molecule has 88 valence electrons. The van der Waals surface area contributed by atoms with E-state index in [1.165, 1.54) is 0 Å². The lowest BCUT2D eigenvalue weighted by atomic mass is 10.2. The summed E-state index contributed by atoms with van der Waals surface area (Å²) in [6, 6.07) is -0.424. The van der Waals surface area contributed by atoms with Crippen LogP contribution in [0.3, 0.4) is 0 Å². The van der Waals surface area contributed by atoms with E-state index in [0.29, 0.717) is 0 Å². The normalized spacial score (nSPS) is 13.8. The Morgan fingerprint density at radius 1 is 1.53 bits per heavy atom. The molecule has 1 amide bonds. The van der Waals surface area contributed by atoms with Crippen LogP contribution in [0.25, 0.3) is 0 Å². The van der Waals surface area contributed by atoms with Crippen molar-refractivity contribution in [3.63, 3.8) is 0 Å². The van der Waals surface area contributed by atoms with Crippen molar-refractivity contribution in [1.82, 2.24) is 4.90 Å². The van der Waals surface area contributed by atoms with Crippen LogP contribution in [-0.2, 0) is 4.79 Å². The summed E-state index contributed by atoms with van der Waals surface area (Å²) in [5, 5.41) is 8.80. The van der Waals surface area contributed by atoms with Gasteiger partial charge in [0.2, 0.25) is 5.91 Å². The minimum atomic E-state index is -4.71. The molecule has 15 heavy (non-hydrogen) atoms. The van der Waals surface area contributed by atoms with Crippen molar-refractivity contribution in [3.8, 4) is 0 Å². The average Bonchev–Trinajstić information content (AvgIpc) is 2.10. The van der Waals surface area contributed by atoms with E-state index in [1.807, 2.05) is 0 Å². The highest BCUT2D eigenvalue weighted by Crippen LogP contribution is 2.21. The number of amides is 1. The van der Waals surface area contributed by atoms with Crippen LogP contribution in [-0.4, -0.2) is 40.8 Å². The molecule has 0 fully saturated rings. The minimum absolute atomic E-state index is 0.424. The van der Waals surface area contributed by atoms with Crippen molar-refractivity contribution in [2.45, 2.75) is 32.2 Å². The number of hydrogen-bond donors (Lipinski definition) is 1. The summed E-state index contributed by atoms with van der Waals surface area (Å²) < 4.78 is 36.1. The third kappa shape index (κ3) is 4.33. The van der Waals surface area contributed by atoms with E-state index in [2.05, 4.69) is 6.58 Å². The van der Waals surface area contributed by atoms with Crippen LogP contribution in [0.2, 0.25) is 0 Å². The van der Waals surface area contributed by atoms with Crippen molar-refractivity contribution < 1.29 is 23.1 Å². The number of carbonyl (C=O) groups is 1. The van der Waals surface area contributed by atoms with Gasteiger partial charge in [-0.05, 0) is 19.9 Å². The van der Waals surface area contributed by atoms with E-state index in [9.17, 15) is 18.0 Å². The second-order valence-electron chi connectivity index (χ2n) is 3.35. The van der Waals surface area contributed by atoms with E-state index in [4.69, 9.17) is 5.11 Å². The number of alkyl halides is 3. The summed E-state index contributed by atoms with van der Waals surface area (Å²) in [6.45, 7) is 5.53. The highest BCUT2D eigenvalue weighted by Gasteiger charge is 2.40. The van der Waals surface area contributed by atoms with Gasteiger partial charge >= 0.3 is 6.18 Å². The Balaban J connectivity index is 4.56. The lowest BCUT2D eigenvalue weighted by Gasteiger charge is -2.28. The van der Waals surface area contributed by atoms with Crippen molar-refractivity contribution in [3.05, 3.63) is 12.7 Å². The Morgan fingerprint density at radius 2 is 2.00 bits per heavy atom. The maximum atomic E-state index is 12.0. The summed E-state index contributed by atoms with van der Waals surface area (Å²) in [5.41, 5.74) is 0. The molecule has 0 aromatic heterocycles. The number of aliphatic hydroxyl groups is 1. The molecule has 0 saturated carbocycles. The Morgan fingerprint density at radius 3 is 2.27 bits per heavy atom. The smallest absolute Gasteiger partial charge is 0.382 e. The molecule has 0 bridgehead atoms. The molecule has 1 N–H and O–H groups in total. The van der Waals surface area contributed by atoms with Crippen LogP contribution in [0, 0.1) is 0 Å². The quantitative estimate of drug-likeness (QED) is 0.733. The molecule has 0 heterocycles. The van der Waals surface area contributed by atoms with Gasteiger partial charge in [-0.1, -0.05) is 6.58 Å². The van der Waals surface area contributed by atoms with Crippen LogP contribution in [0.1, 0.15) is 13.8 Å². The molecule has 0 aliphatic carbocycles. The number of carbonyl (C=O) groups excluding carboxylic acids is 1. The molecule has 0 aromatic carbocycles. The zero-order chi connectivity index (χ0) is 12.2. The average molecular weight is 225 g/mol. The summed E-state index contributed by atoms with van der Waals surface area (Å²) in [7, 11) is 0. The van der Waals surface area contributed by atoms with E-state index in [1.54, 1.807) is 13.8 Å². The topological polar surface area (TPSA) is 40.5 Å². The van der Waals surface area contributed by atoms with Crippen molar-refractivity contribution in [2.24, 2.45) is 0 Å². The maximum Gasteiger partial charge on any atom is 0.416 e. The molecule has 0 spiro atoms. The van der Waals surface area contributed by atoms with E-state index in [-0.39, 0.29) is 0 Å².